The maximum atomic E-state index is 5.52. The summed E-state index contributed by atoms with van der Waals surface area (Å²) in [6, 6.07) is 0.514. The molecule has 2 saturated heterocycles. The third-order valence-electron chi connectivity index (χ3n) is 5.59. The average Bonchev–Trinajstić information content (AvgIpc) is 2.68. The second-order valence-corrected chi connectivity index (χ2v) is 8.65. The minimum Gasteiger partial charge on any atom is -0.379 e. The molecule has 7 heteroatoms. The Kier molecular flexibility index (Phi) is 9.29. The number of rotatable bonds is 8. The summed E-state index contributed by atoms with van der Waals surface area (Å²) in [4.78, 5) is 9.49. The van der Waals surface area contributed by atoms with Crippen LogP contribution in [0.2, 0.25) is 0 Å². The first-order valence-electron chi connectivity index (χ1n) is 10.5. The van der Waals surface area contributed by atoms with Crippen molar-refractivity contribution in [3.63, 3.8) is 0 Å². The van der Waals surface area contributed by atoms with Gasteiger partial charge in [0.1, 0.15) is 0 Å². The summed E-state index contributed by atoms with van der Waals surface area (Å²) in [7, 11) is 1.85. The van der Waals surface area contributed by atoms with Gasteiger partial charge in [0.15, 0.2) is 5.96 Å². The normalized spacial score (nSPS) is 22.1. The van der Waals surface area contributed by atoms with Crippen LogP contribution in [0.5, 0.6) is 0 Å². The lowest BCUT2D eigenvalue weighted by Gasteiger charge is -2.41. The van der Waals surface area contributed by atoms with Crippen molar-refractivity contribution in [2.24, 2.45) is 10.9 Å². The standard InChI is InChI=1S/C20H41N5O2/c1-17(2)14-18(24-6-10-26-11-7-24)15-22-19(21-5)23-16-20(3,4)25-8-12-27-13-9-25/h17-18H,6-16H2,1-5H3,(H2,21,22,23). The summed E-state index contributed by atoms with van der Waals surface area (Å²) in [6.07, 6.45) is 1.18. The fourth-order valence-corrected chi connectivity index (χ4v) is 3.86. The van der Waals surface area contributed by atoms with E-state index >= 15 is 0 Å². The van der Waals surface area contributed by atoms with E-state index in [0.717, 1.165) is 71.7 Å². The first kappa shape index (κ1) is 22.4. The predicted octanol–water partition coefficient (Wildman–Crippen LogP) is 1.01. The van der Waals surface area contributed by atoms with E-state index in [-0.39, 0.29) is 5.54 Å². The van der Waals surface area contributed by atoms with Crippen LogP contribution in [-0.2, 0) is 9.47 Å². The molecule has 0 radical (unpaired) electrons. The molecule has 0 spiro atoms. The van der Waals surface area contributed by atoms with Gasteiger partial charge in [0.2, 0.25) is 0 Å². The number of morpholine rings is 2. The molecule has 2 fully saturated rings. The number of nitrogens with one attached hydrogen (secondary N) is 2. The van der Waals surface area contributed by atoms with Crippen LogP contribution in [-0.4, -0.2) is 100 Å². The molecule has 1 unspecified atom stereocenters. The fourth-order valence-electron chi connectivity index (χ4n) is 3.86. The van der Waals surface area contributed by atoms with E-state index in [1.165, 1.54) is 6.42 Å². The molecule has 0 aromatic heterocycles. The van der Waals surface area contributed by atoms with Gasteiger partial charge in [-0.2, -0.15) is 0 Å². The van der Waals surface area contributed by atoms with E-state index in [1.807, 2.05) is 7.05 Å². The molecule has 2 rings (SSSR count). The van der Waals surface area contributed by atoms with Crippen molar-refractivity contribution in [2.75, 3.05) is 72.7 Å². The quantitative estimate of drug-likeness (QED) is 0.482. The SMILES string of the molecule is CN=C(NCC(CC(C)C)N1CCOCC1)NCC(C)(C)N1CCOCC1. The van der Waals surface area contributed by atoms with Crippen LogP contribution in [0.3, 0.4) is 0 Å². The zero-order valence-electron chi connectivity index (χ0n) is 18.1. The van der Waals surface area contributed by atoms with Gasteiger partial charge in [-0.25, -0.2) is 0 Å². The zero-order valence-corrected chi connectivity index (χ0v) is 18.1. The van der Waals surface area contributed by atoms with Gasteiger partial charge in [-0.15, -0.1) is 0 Å². The first-order chi connectivity index (χ1) is 12.9. The third kappa shape index (κ3) is 7.56. The molecule has 2 N–H and O–H groups in total. The predicted molar refractivity (Wildman–Crippen MR) is 111 cm³/mol. The van der Waals surface area contributed by atoms with Gasteiger partial charge in [-0.1, -0.05) is 13.8 Å². The monoisotopic (exact) mass is 383 g/mol. The molecule has 1 atom stereocenters. The molecule has 158 valence electrons. The summed E-state index contributed by atoms with van der Waals surface area (Å²) >= 11 is 0. The highest BCUT2D eigenvalue weighted by molar-refractivity contribution is 5.79. The van der Waals surface area contributed by atoms with Crippen molar-refractivity contribution in [3.05, 3.63) is 0 Å². The molecule has 2 aliphatic rings. The Morgan fingerprint density at radius 1 is 1.00 bits per heavy atom. The highest BCUT2D eigenvalue weighted by atomic mass is 16.5. The summed E-state index contributed by atoms with van der Waals surface area (Å²) in [5, 5.41) is 7.09. The number of guanidine groups is 1. The Morgan fingerprint density at radius 3 is 2.15 bits per heavy atom. The van der Waals surface area contributed by atoms with Crippen LogP contribution in [0.4, 0.5) is 0 Å². The minimum absolute atomic E-state index is 0.0724. The number of hydrogen-bond acceptors (Lipinski definition) is 5. The second-order valence-electron chi connectivity index (χ2n) is 8.65. The van der Waals surface area contributed by atoms with Crippen molar-refractivity contribution < 1.29 is 9.47 Å². The van der Waals surface area contributed by atoms with Gasteiger partial charge < -0.3 is 20.1 Å². The summed E-state index contributed by atoms with van der Waals surface area (Å²) in [5.74, 6) is 1.56. The van der Waals surface area contributed by atoms with E-state index in [2.05, 4.69) is 53.1 Å². The van der Waals surface area contributed by atoms with E-state index in [0.29, 0.717) is 12.0 Å². The molecule has 0 amide bonds. The smallest absolute Gasteiger partial charge is 0.191 e. The molecule has 0 aromatic rings. The molecular weight excluding hydrogens is 342 g/mol. The van der Waals surface area contributed by atoms with Crippen LogP contribution in [0.15, 0.2) is 4.99 Å². The van der Waals surface area contributed by atoms with Gasteiger partial charge in [0.05, 0.1) is 26.4 Å². The lowest BCUT2D eigenvalue weighted by Crippen LogP contribution is -2.57. The summed E-state index contributed by atoms with van der Waals surface area (Å²) in [6.45, 7) is 18.3. The van der Waals surface area contributed by atoms with Crippen molar-refractivity contribution in [2.45, 2.75) is 45.7 Å². The van der Waals surface area contributed by atoms with Crippen molar-refractivity contribution in [1.82, 2.24) is 20.4 Å². The van der Waals surface area contributed by atoms with E-state index < -0.39 is 0 Å². The molecule has 2 heterocycles. The van der Waals surface area contributed by atoms with Crippen LogP contribution >= 0.6 is 0 Å². The second kappa shape index (κ2) is 11.2. The van der Waals surface area contributed by atoms with Crippen molar-refractivity contribution >= 4 is 5.96 Å². The van der Waals surface area contributed by atoms with Crippen LogP contribution in [0, 0.1) is 5.92 Å². The molecule has 0 bridgehead atoms. The number of hydrogen-bond donors (Lipinski definition) is 2. The van der Waals surface area contributed by atoms with Gasteiger partial charge in [-0.05, 0) is 26.2 Å². The van der Waals surface area contributed by atoms with Gasteiger partial charge in [-0.3, -0.25) is 14.8 Å². The van der Waals surface area contributed by atoms with E-state index in [4.69, 9.17) is 9.47 Å². The van der Waals surface area contributed by atoms with Crippen LogP contribution < -0.4 is 10.6 Å². The number of nitrogens with zero attached hydrogens (tertiary/aromatic N) is 3. The molecular formula is C20H41N5O2. The van der Waals surface area contributed by atoms with Crippen LogP contribution in [0.25, 0.3) is 0 Å². The average molecular weight is 384 g/mol. The Morgan fingerprint density at radius 2 is 1.59 bits per heavy atom. The Hall–Kier alpha value is -0.890. The third-order valence-corrected chi connectivity index (χ3v) is 5.59. The highest BCUT2D eigenvalue weighted by Gasteiger charge is 2.28. The Bertz CT molecular complexity index is 444. The highest BCUT2D eigenvalue weighted by Crippen LogP contribution is 2.15. The Labute approximate surface area is 165 Å². The first-order valence-corrected chi connectivity index (χ1v) is 10.5. The molecule has 27 heavy (non-hydrogen) atoms. The van der Waals surface area contributed by atoms with Crippen molar-refractivity contribution in [3.8, 4) is 0 Å². The van der Waals surface area contributed by atoms with Gasteiger partial charge in [0, 0.05) is 57.9 Å². The van der Waals surface area contributed by atoms with E-state index in [9.17, 15) is 0 Å². The molecule has 0 saturated carbocycles. The summed E-state index contributed by atoms with van der Waals surface area (Å²) in [5.41, 5.74) is 0.0724. The molecule has 7 nitrogen and oxygen atoms in total. The maximum Gasteiger partial charge on any atom is 0.191 e. The largest absolute Gasteiger partial charge is 0.379 e. The van der Waals surface area contributed by atoms with Crippen molar-refractivity contribution in [1.29, 1.82) is 0 Å². The molecule has 0 aromatic carbocycles. The lowest BCUT2D eigenvalue weighted by molar-refractivity contribution is -0.00837. The van der Waals surface area contributed by atoms with E-state index in [1.54, 1.807) is 0 Å². The van der Waals surface area contributed by atoms with Gasteiger partial charge >= 0.3 is 0 Å². The zero-order chi connectivity index (χ0) is 19.7. The fraction of sp³-hybridized carbons (Fsp3) is 0.950. The van der Waals surface area contributed by atoms with Crippen LogP contribution in [0.1, 0.15) is 34.1 Å². The lowest BCUT2D eigenvalue weighted by atomic mass is 10.0. The Balaban J connectivity index is 1.83. The maximum absolute atomic E-state index is 5.52. The number of aliphatic imine (C=N–C) groups is 1. The topological polar surface area (TPSA) is 61.4 Å². The van der Waals surface area contributed by atoms with Gasteiger partial charge in [0.25, 0.3) is 0 Å². The molecule has 2 aliphatic heterocycles. The molecule has 0 aliphatic carbocycles. The summed E-state index contributed by atoms with van der Waals surface area (Å²) < 4.78 is 11.0. The minimum atomic E-state index is 0.0724. The number of ether oxygens (including phenoxy) is 2.